The van der Waals surface area contributed by atoms with Crippen molar-refractivity contribution in [2.75, 3.05) is 44.8 Å². The van der Waals surface area contributed by atoms with Crippen molar-refractivity contribution in [1.29, 1.82) is 0 Å². The quantitative estimate of drug-likeness (QED) is 0.712. The lowest BCUT2D eigenvalue weighted by Crippen LogP contribution is -2.50. The van der Waals surface area contributed by atoms with Gasteiger partial charge in [0.2, 0.25) is 5.91 Å². The minimum Gasteiger partial charge on any atom is -0.450 e. The van der Waals surface area contributed by atoms with Gasteiger partial charge in [0.25, 0.3) is 0 Å². The summed E-state index contributed by atoms with van der Waals surface area (Å²) in [6.07, 6.45) is 3.31. The molecular formula is C12H22N2O3S. The lowest BCUT2D eigenvalue weighted by Gasteiger charge is -2.34. The van der Waals surface area contributed by atoms with E-state index in [2.05, 4.69) is 0 Å². The maximum atomic E-state index is 11.9. The van der Waals surface area contributed by atoms with E-state index in [-0.39, 0.29) is 12.0 Å². The average molecular weight is 274 g/mol. The molecule has 0 aromatic heterocycles. The number of carbonyl (C=O) groups excluding carboxylic acids is 2. The highest BCUT2D eigenvalue weighted by atomic mass is 32.2. The number of piperazine rings is 1. The second kappa shape index (κ2) is 8.24. The molecule has 0 aromatic rings. The van der Waals surface area contributed by atoms with Crippen LogP contribution in [0, 0.1) is 0 Å². The van der Waals surface area contributed by atoms with Crippen molar-refractivity contribution in [3.05, 3.63) is 0 Å². The van der Waals surface area contributed by atoms with E-state index < -0.39 is 0 Å². The summed E-state index contributed by atoms with van der Waals surface area (Å²) >= 11 is 1.76. The van der Waals surface area contributed by atoms with Crippen LogP contribution < -0.4 is 0 Å². The third-order valence-electron chi connectivity index (χ3n) is 2.90. The summed E-state index contributed by atoms with van der Waals surface area (Å²) in [6.45, 7) is 4.59. The highest BCUT2D eigenvalue weighted by Gasteiger charge is 2.24. The van der Waals surface area contributed by atoms with Crippen LogP contribution in [0.15, 0.2) is 0 Å². The van der Waals surface area contributed by atoms with Crippen LogP contribution in [-0.4, -0.2) is 66.6 Å². The maximum absolute atomic E-state index is 11.9. The Labute approximate surface area is 113 Å². The SMILES string of the molecule is CCOC(=O)N1CCN(C(=O)CCCSC)CC1. The van der Waals surface area contributed by atoms with Gasteiger partial charge in [0.05, 0.1) is 6.61 Å². The Kier molecular flexibility index (Phi) is 6.93. The van der Waals surface area contributed by atoms with E-state index in [4.69, 9.17) is 4.74 Å². The zero-order chi connectivity index (χ0) is 13.4. The van der Waals surface area contributed by atoms with Gasteiger partial charge in [0, 0.05) is 32.6 Å². The Bertz CT molecular complexity index is 278. The Balaban J connectivity index is 2.26. The lowest BCUT2D eigenvalue weighted by molar-refractivity contribution is -0.132. The first-order valence-electron chi connectivity index (χ1n) is 6.37. The molecule has 18 heavy (non-hydrogen) atoms. The van der Waals surface area contributed by atoms with E-state index in [9.17, 15) is 9.59 Å². The summed E-state index contributed by atoms with van der Waals surface area (Å²) < 4.78 is 4.94. The van der Waals surface area contributed by atoms with Crippen LogP contribution in [0.25, 0.3) is 0 Å². The van der Waals surface area contributed by atoms with Gasteiger partial charge in [-0.1, -0.05) is 0 Å². The van der Waals surface area contributed by atoms with Gasteiger partial charge in [-0.15, -0.1) is 0 Å². The number of hydrogen-bond donors (Lipinski definition) is 0. The fourth-order valence-electron chi connectivity index (χ4n) is 1.88. The smallest absolute Gasteiger partial charge is 0.409 e. The summed E-state index contributed by atoms with van der Waals surface area (Å²) in [5.41, 5.74) is 0. The van der Waals surface area contributed by atoms with Crippen LogP contribution in [0.4, 0.5) is 4.79 Å². The molecule has 0 N–H and O–H groups in total. The second-order valence-electron chi connectivity index (χ2n) is 4.16. The first kappa shape index (κ1) is 15.1. The lowest BCUT2D eigenvalue weighted by atomic mass is 10.2. The van der Waals surface area contributed by atoms with Gasteiger partial charge in [-0.25, -0.2) is 4.79 Å². The summed E-state index contributed by atoms with van der Waals surface area (Å²) in [5, 5.41) is 0. The zero-order valence-electron chi connectivity index (χ0n) is 11.2. The third kappa shape index (κ3) is 4.76. The Hall–Kier alpha value is -0.910. The van der Waals surface area contributed by atoms with E-state index in [1.807, 2.05) is 11.2 Å². The van der Waals surface area contributed by atoms with Crippen molar-refractivity contribution in [3.8, 4) is 0 Å². The molecule has 0 unspecified atom stereocenters. The summed E-state index contributed by atoms with van der Waals surface area (Å²) in [7, 11) is 0. The highest BCUT2D eigenvalue weighted by Crippen LogP contribution is 2.08. The van der Waals surface area contributed by atoms with Gasteiger partial charge < -0.3 is 14.5 Å². The highest BCUT2D eigenvalue weighted by molar-refractivity contribution is 7.98. The van der Waals surface area contributed by atoms with Crippen LogP contribution in [0.3, 0.4) is 0 Å². The van der Waals surface area contributed by atoms with E-state index >= 15 is 0 Å². The van der Waals surface area contributed by atoms with E-state index in [0.717, 1.165) is 12.2 Å². The molecule has 0 saturated carbocycles. The minimum absolute atomic E-state index is 0.201. The summed E-state index contributed by atoms with van der Waals surface area (Å²) in [4.78, 5) is 26.8. The molecule has 1 heterocycles. The molecule has 5 nitrogen and oxygen atoms in total. The van der Waals surface area contributed by atoms with Gasteiger partial charge in [-0.05, 0) is 25.4 Å². The minimum atomic E-state index is -0.271. The molecule has 2 amide bonds. The van der Waals surface area contributed by atoms with Gasteiger partial charge in [0.1, 0.15) is 0 Å². The fraction of sp³-hybridized carbons (Fsp3) is 0.833. The Morgan fingerprint density at radius 2 is 1.78 bits per heavy atom. The zero-order valence-corrected chi connectivity index (χ0v) is 12.0. The number of carbonyl (C=O) groups is 2. The molecule has 1 rings (SSSR count). The standard InChI is InChI=1S/C12H22N2O3S/c1-3-17-12(16)14-8-6-13(7-9-14)11(15)5-4-10-18-2/h3-10H2,1-2H3. The first-order chi connectivity index (χ1) is 8.69. The number of amides is 2. The third-order valence-corrected chi connectivity index (χ3v) is 3.59. The largest absolute Gasteiger partial charge is 0.450 e. The van der Waals surface area contributed by atoms with Crippen molar-refractivity contribution in [2.24, 2.45) is 0 Å². The molecule has 0 bridgehead atoms. The molecule has 1 aliphatic heterocycles. The molecule has 1 fully saturated rings. The van der Waals surface area contributed by atoms with Crippen LogP contribution >= 0.6 is 11.8 Å². The first-order valence-corrected chi connectivity index (χ1v) is 7.76. The van der Waals surface area contributed by atoms with Crippen molar-refractivity contribution in [1.82, 2.24) is 9.80 Å². The molecule has 1 aliphatic rings. The van der Waals surface area contributed by atoms with Crippen LogP contribution in [0.5, 0.6) is 0 Å². The summed E-state index contributed by atoms with van der Waals surface area (Å²) in [6, 6.07) is 0. The summed E-state index contributed by atoms with van der Waals surface area (Å²) in [5.74, 6) is 1.22. The van der Waals surface area contributed by atoms with Gasteiger partial charge in [0.15, 0.2) is 0 Å². The molecule has 0 aliphatic carbocycles. The molecule has 0 radical (unpaired) electrons. The van der Waals surface area contributed by atoms with Crippen LogP contribution in [0.2, 0.25) is 0 Å². The number of thioether (sulfide) groups is 1. The molecule has 0 aromatic carbocycles. The van der Waals surface area contributed by atoms with Crippen molar-refractivity contribution in [3.63, 3.8) is 0 Å². The Morgan fingerprint density at radius 1 is 1.17 bits per heavy atom. The monoisotopic (exact) mass is 274 g/mol. The van der Waals surface area contributed by atoms with Crippen molar-refractivity contribution < 1.29 is 14.3 Å². The van der Waals surface area contributed by atoms with Crippen molar-refractivity contribution in [2.45, 2.75) is 19.8 Å². The average Bonchev–Trinajstić information content (AvgIpc) is 2.39. The van der Waals surface area contributed by atoms with E-state index in [1.165, 1.54) is 0 Å². The van der Waals surface area contributed by atoms with E-state index in [1.54, 1.807) is 23.6 Å². The molecule has 0 spiro atoms. The van der Waals surface area contributed by atoms with Gasteiger partial charge >= 0.3 is 6.09 Å². The predicted octanol–water partition coefficient (Wildman–Crippen LogP) is 1.43. The molecule has 6 heteroatoms. The maximum Gasteiger partial charge on any atom is 0.409 e. The molecule has 104 valence electrons. The number of hydrogen-bond acceptors (Lipinski definition) is 4. The van der Waals surface area contributed by atoms with Crippen LogP contribution in [0.1, 0.15) is 19.8 Å². The number of nitrogens with zero attached hydrogens (tertiary/aromatic N) is 2. The topological polar surface area (TPSA) is 49.9 Å². The van der Waals surface area contributed by atoms with Gasteiger partial charge in [-0.2, -0.15) is 11.8 Å². The van der Waals surface area contributed by atoms with Crippen LogP contribution in [-0.2, 0) is 9.53 Å². The Morgan fingerprint density at radius 3 is 2.33 bits per heavy atom. The van der Waals surface area contributed by atoms with Gasteiger partial charge in [-0.3, -0.25) is 4.79 Å². The number of ether oxygens (including phenoxy) is 1. The predicted molar refractivity (Wildman–Crippen MR) is 72.8 cm³/mol. The van der Waals surface area contributed by atoms with E-state index in [0.29, 0.717) is 39.2 Å². The van der Waals surface area contributed by atoms with Crippen molar-refractivity contribution >= 4 is 23.8 Å². The number of rotatable bonds is 5. The molecule has 1 saturated heterocycles. The normalized spacial score (nSPS) is 15.7. The molecular weight excluding hydrogens is 252 g/mol. The molecule has 0 atom stereocenters. The second-order valence-corrected chi connectivity index (χ2v) is 5.15. The fourth-order valence-corrected chi connectivity index (χ4v) is 2.31.